The molecule has 3 aromatic rings. The Balaban J connectivity index is 1.70. The van der Waals surface area contributed by atoms with Crippen molar-refractivity contribution in [3.63, 3.8) is 0 Å². The standard InChI is InChI=1S/C17H16N4O2S/c1-12-18-9-14(24-12)10-19-16(22)11-21-17(23)8-7-15(20-21)13-5-3-2-4-6-13/h2-9H,10-11H2,1H3,(H,19,22). The maximum absolute atomic E-state index is 12.1. The predicted octanol–water partition coefficient (Wildman–Crippen LogP) is 1.99. The molecule has 0 aliphatic carbocycles. The minimum absolute atomic E-state index is 0.114. The predicted molar refractivity (Wildman–Crippen MR) is 92.6 cm³/mol. The van der Waals surface area contributed by atoms with Gasteiger partial charge in [0.1, 0.15) is 6.54 Å². The first kappa shape index (κ1) is 16.1. The second-order valence-electron chi connectivity index (χ2n) is 5.20. The van der Waals surface area contributed by atoms with Crippen LogP contribution < -0.4 is 10.9 Å². The first-order valence-corrected chi connectivity index (χ1v) is 8.25. The zero-order chi connectivity index (χ0) is 16.9. The summed E-state index contributed by atoms with van der Waals surface area (Å²) in [7, 11) is 0. The first-order valence-electron chi connectivity index (χ1n) is 7.43. The third-order valence-corrected chi connectivity index (χ3v) is 4.27. The lowest BCUT2D eigenvalue weighted by atomic mass is 10.1. The molecule has 7 heteroatoms. The van der Waals surface area contributed by atoms with E-state index in [0.717, 1.165) is 15.4 Å². The van der Waals surface area contributed by atoms with Crippen LogP contribution in [0, 0.1) is 6.92 Å². The summed E-state index contributed by atoms with van der Waals surface area (Å²) < 4.78 is 1.18. The second kappa shape index (κ2) is 7.18. The number of hydrogen-bond donors (Lipinski definition) is 1. The number of carbonyl (C=O) groups is 1. The highest BCUT2D eigenvalue weighted by Gasteiger charge is 2.08. The van der Waals surface area contributed by atoms with E-state index >= 15 is 0 Å². The van der Waals surface area contributed by atoms with Crippen molar-refractivity contribution in [2.24, 2.45) is 0 Å². The minimum atomic E-state index is -0.307. The second-order valence-corrected chi connectivity index (χ2v) is 6.52. The molecule has 0 saturated heterocycles. The van der Waals surface area contributed by atoms with Gasteiger partial charge in [0.05, 0.1) is 17.2 Å². The highest BCUT2D eigenvalue weighted by atomic mass is 32.1. The topological polar surface area (TPSA) is 76.9 Å². The molecule has 0 aliphatic heterocycles. The van der Waals surface area contributed by atoms with Gasteiger partial charge in [-0.15, -0.1) is 11.3 Å². The summed E-state index contributed by atoms with van der Waals surface area (Å²) in [4.78, 5) is 29.1. The molecule has 0 bridgehead atoms. The van der Waals surface area contributed by atoms with Crippen LogP contribution >= 0.6 is 11.3 Å². The zero-order valence-electron chi connectivity index (χ0n) is 13.1. The Labute approximate surface area is 142 Å². The lowest BCUT2D eigenvalue weighted by Crippen LogP contribution is -2.33. The summed E-state index contributed by atoms with van der Waals surface area (Å²) in [6.07, 6.45) is 1.74. The van der Waals surface area contributed by atoms with Crippen LogP contribution in [0.25, 0.3) is 11.3 Å². The van der Waals surface area contributed by atoms with Gasteiger partial charge in [-0.25, -0.2) is 9.67 Å². The van der Waals surface area contributed by atoms with Crippen molar-refractivity contribution in [2.45, 2.75) is 20.0 Å². The van der Waals surface area contributed by atoms with Crippen molar-refractivity contribution in [2.75, 3.05) is 0 Å². The van der Waals surface area contributed by atoms with Crippen LogP contribution in [-0.4, -0.2) is 20.7 Å². The summed E-state index contributed by atoms with van der Waals surface area (Å²) in [5.74, 6) is -0.263. The van der Waals surface area contributed by atoms with Gasteiger partial charge in [0.2, 0.25) is 5.91 Å². The summed E-state index contributed by atoms with van der Waals surface area (Å²) >= 11 is 1.53. The molecule has 6 nitrogen and oxygen atoms in total. The molecule has 0 spiro atoms. The molecule has 122 valence electrons. The number of amides is 1. The van der Waals surface area contributed by atoms with Gasteiger partial charge in [-0.1, -0.05) is 30.3 Å². The molecule has 2 heterocycles. The van der Waals surface area contributed by atoms with Gasteiger partial charge in [0.15, 0.2) is 0 Å². The van der Waals surface area contributed by atoms with E-state index in [-0.39, 0.29) is 18.0 Å². The van der Waals surface area contributed by atoms with Crippen molar-refractivity contribution in [3.8, 4) is 11.3 Å². The Hall–Kier alpha value is -2.80. The molecule has 3 rings (SSSR count). The summed E-state index contributed by atoms with van der Waals surface area (Å²) in [5, 5.41) is 8.01. The van der Waals surface area contributed by atoms with Crippen LogP contribution in [0.2, 0.25) is 0 Å². The Kier molecular flexibility index (Phi) is 4.81. The Morgan fingerprint density at radius 3 is 2.71 bits per heavy atom. The van der Waals surface area contributed by atoms with Crippen LogP contribution in [0.1, 0.15) is 9.88 Å². The van der Waals surface area contributed by atoms with Gasteiger partial charge in [0, 0.05) is 22.7 Å². The van der Waals surface area contributed by atoms with Gasteiger partial charge in [-0.05, 0) is 13.0 Å². The van der Waals surface area contributed by atoms with Gasteiger partial charge in [0.25, 0.3) is 5.56 Å². The lowest BCUT2D eigenvalue weighted by Gasteiger charge is -2.07. The average Bonchev–Trinajstić information content (AvgIpc) is 3.01. The van der Waals surface area contributed by atoms with Crippen molar-refractivity contribution < 1.29 is 4.79 Å². The largest absolute Gasteiger partial charge is 0.350 e. The molecule has 0 fully saturated rings. The minimum Gasteiger partial charge on any atom is -0.350 e. The fraction of sp³-hybridized carbons (Fsp3) is 0.176. The maximum Gasteiger partial charge on any atom is 0.267 e. The van der Waals surface area contributed by atoms with E-state index in [1.165, 1.54) is 22.1 Å². The monoisotopic (exact) mass is 340 g/mol. The van der Waals surface area contributed by atoms with Crippen molar-refractivity contribution >= 4 is 17.2 Å². The number of benzene rings is 1. The summed E-state index contributed by atoms with van der Waals surface area (Å²) in [5.41, 5.74) is 1.24. The average molecular weight is 340 g/mol. The fourth-order valence-corrected chi connectivity index (χ4v) is 2.92. The number of hydrogen-bond acceptors (Lipinski definition) is 5. The van der Waals surface area contributed by atoms with E-state index in [9.17, 15) is 9.59 Å². The highest BCUT2D eigenvalue weighted by molar-refractivity contribution is 7.11. The number of aromatic nitrogens is 3. The van der Waals surface area contributed by atoms with Crippen LogP contribution in [0.5, 0.6) is 0 Å². The normalized spacial score (nSPS) is 10.5. The molecular formula is C17H16N4O2S. The van der Waals surface area contributed by atoms with Crippen LogP contribution in [0.15, 0.2) is 53.5 Å². The Bertz CT molecular complexity index is 902. The Morgan fingerprint density at radius 2 is 2.00 bits per heavy atom. The zero-order valence-corrected chi connectivity index (χ0v) is 13.9. The van der Waals surface area contributed by atoms with E-state index < -0.39 is 0 Å². The lowest BCUT2D eigenvalue weighted by molar-refractivity contribution is -0.122. The molecule has 1 aromatic carbocycles. The molecule has 24 heavy (non-hydrogen) atoms. The quantitative estimate of drug-likeness (QED) is 0.770. The van der Waals surface area contributed by atoms with E-state index in [1.807, 2.05) is 37.3 Å². The summed E-state index contributed by atoms with van der Waals surface area (Å²) in [6.45, 7) is 2.20. The van der Waals surface area contributed by atoms with Gasteiger partial charge >= 0.3 is 0 Å². The third-order valence-electron chi connectivity index (χ3n) is 3.36. The number of nitrogens with zero attached hydrogens (tertiary/aromatic N) is 3. The molecule has 0 unspecified atom stereocenters. The summed E-state index contributed by atoms with van der Waals surface area (Å²) in [6, 6.07) is 12.6. The van der Waals surface area contributed by atoms with Crippen LogP contribution in [0.3, 0.4) is 0 Å². The molecule has 2 aromatic heterocycles. The fourth-order valence-electron chi connectivity index (χ4n) is 2.19. The Morgan fingerprint density at radius 1 is 1.21 bits per heavy atom. The highest BCUT2D eigenvalue weighted by Crippen LogP contribution is 2.14. The van der Waals surface area contributed by atoms with E-state index in [2.05, 4.69) is 15.4 Å². The number of thiazole rings is 1. The van der Waals surface area contributed by atoms with E-state index in [4.69, 9.17) is 0 Å². The van der Waals surface area contributed by atoms with Crippen LogP contribution in [-0.2, 0) is 17.9 Å². The number of carbonyl (C=O) groups excluding carboxylic acids is 1. The molecule has 1 N–H and O–H groups in total. The molecule has 0 atom stereocenters. The van der Waals surface area contributed by atoms with Crippen molar-refractivity contribution in [3.05, 3.63) is 68.9 Å². The smallest absolute Gasteiger partial charge is 0.267 e. The van der Waals surface area contributed by atoms with E-state index in [1.54, 1.807) is 12.3 Å². The SMILES string of the molecule is Cc1ncc(CNC(=O)Cn2nc(-c3ccccc3)ccc2=O)s1. The van der Waals surface area contributed by atoms with Crippen LogP contribution in [0.4, 0.5) is 0 Å². The maximum atomic E-state index is 12.1. The van der Waals surface area contributed by atoms with Gasteiger partial charge < -0.3 is 5.32 Å². The third kappa shape index (κ3) is 3.94. The number of aryl methyl sites for hydroxylation is 1. The van der Waals surface area contributed by atoms with Crippen molar-refractivity contribution in [1.82, 2.24) is 20.1 Å². The van der Waals surface area contributed by atoms with Gasteiger partial charge in [-0.3, -0.25) is 9.59 Å². The molecule has 0 aliphatic rings. The van der Waals surface area contributed by atoms with E-state index in [0.29, 0.717) is 12.2 Å². The molecule has 1 amide bonds. The number of nitrogens with one attached hydrogen (secondary N) is 1. The molecule has 0 radical (unpaired) electrons. The number of rotatable bonds is 5. The van der Waals surface area contributed by atoms with Gasteiger partial charge in [-0.2, -0.15) is 5.10 Å². The molecular weight excluding hydrogens is 324 g/mol. The molecule has 0 saturated carbocycles. The van der Waals surface area contributed by atoms with Crippen molar-refractivity contribution in [1.29, 1.82) is 0 Å². The first-order chi connectivity index (χ1) is 11.6.